The Labute approximate surface area is 79.3 Å². The van der Waals surface area contributed by atoms with Crippen LogP contribution in [0.1, 0.15) is 0 Å². The number of benzene rings is 1. The Morgan fingerprint density at radius 2 is 2.08 bits per heavy atom. The Balaban J connectivity index is 0.00000121. The summed E-state index contributed by atoms with van der Waals surface area (Å²) in [6, 6.07) is 3.32. The van der Waals surface area contributed by atoms with E-state index >= 15 is 0 Å². The molecule has 0 aliphatic heterocycles. The van der Waals surface area contributed by atoms with E-state index in [4.69, 9.17) is 7.85 Å². The first-order chi connectivity index (χ1) is 5.11. The van der Waals surface area contributed by atoms with Gasteiger partial charge in [-0.25, -0.2) is 4.39 Å². The van der Waals surface area contributed by atoms with Crippen molar-refractivity contribution in [3.63, 3.8) is 0 Å². The molecule has 0 saturated carbocycles. The standard InChI is InChI=1S/C6H4BFO2S.ClH/c7-5-2-1-4(11(9)10)3-6(5)8;/h1-3H,(H,9,10);1H/p-1. The lowest BCUT2D eigenvalue weighted by molar-refractivity contribution is 0.535. The van der Waals surface area contributed by atoms with Gasteiger partial charge in [-0.1, -0.05) is 11.5 Å². The molecule has 64 valence electrons. The molecule has 12 heavy (non-hydrogen) atoms. The Bertz CT molecular complexity index is 308. The zero-order valence-electron chi connectivity index (χ0n) is 5.82. The van der Waals surface area contributed by atoms with Gasteiger partial charge in [0.15, 0.2) is 0 Å². The maximum absolute atomic E-state index is 12.5. The van der Waals surface area contributed by atoms with Crippen molar-refractivity contribution >= 4 is 36.8 Å². The summed E-state index contributed by atoms with van der Waals surface area (Å²) < 4.78 is 33.1. The van der Waals surface area contributed by atoms with Crippen LogP contribution < -0.4 is 5.46 Å². The average Bonchev–Trinajstić information content (AvgIpc) is 1.94. The molecule has 0 amide bonds. The Morgan fingerprint density at radius 3 is 2.50 bits per heavy atom. The normalized spacial score (nSPS) is 11.8. The topological polar surface area (TPSA) is 40.1 Å². The Morgan fingerprint density at radius 1 is 1.50 bits per heavy atom. The monoisotopic (exact) mass is 205 g/mol. The van der Waals surface area contributed by atoms with E-state index in [1.807, 2.05) is 0 Å². The zero-order valence-corrected chi connectivity index (χ0v) is 7.45. The minimum atomic E-state index is -2.39. The molecule has 2 nitrogen and oxygen atoms in total. The summed E-state index contributed by atoms with van der Waals surface area (Å²) in [7, 11) is 5.11. The molecule has 1 unspecified atom stereocenters. The molecular weight excluding hydrogens is 201 g/mol. The van der Waals surface area contributed by atoms with E-state index in [1.165, 1.54) is 12.1 Å². The van der Waals surface area contributed by atoms with Crippen LogP contribution in [-0.4, -0.2) is 16.6 Å². The van der Waals surface area contributed by atoms with E-state index in [-0.39, 0.29) is 22.8 Å². The van der Waals surface area contributed by atoms with Gasteiger partial charge in [0.2, 0.25) is 0 Å². The fourth-order valence-electron chi connectivity index (χ4n) is 0.612. The third kappa shape index (κ3) is 2.58. The molecule has 2 radical (unpaired) electrons. The molecule has 0 spiro atoms. The van der Waals surface area contributed by atoms with Crippen LogP contribution in [0.2, 0.25) is 0 Å². The van der Waals surface area contributed by atoms with Crippen molar-refractivity contribution in [2.45, 2.75) is 4.90 Å². The second kappa shape index (κ2) is 4.59. The summed E-state index contributed by atoms with van der Waals surface area (Å²) in [5, 5.41) is 0. The molecule has 0 heterocycles. The van der Waals surface area contributed by atoms with E-state index in [0.29, 0.717) is 0 Å². The Kier molecular flexibility index (Phi) is 4.45. The van der Waals surface area contributed by atoms with Crippen LogP contribution in [0, 0.1) is 5.82 Å². The number of hydrogen-bond acceptors (Lipinski definition) is 2. The van der Waals surface area contributed by atoms with Crippen molar-refractivity contribution in [1.82, 2.24) is 0 Å². The predicted molar refractivity (Wildman–Crippen MR) is 46.2 cm³/mol. The molecule has 0 saturated heterocycles. The molecule has 1 atom stereocenters. The lowest BCUT2D eigenvalue weighted by Crippen LogP contribution is -2.08. The van der Waals surface area contributed by atoms with E-state index < -0.39 is 16.9 Å². The van der Waals surface area contributed by atoms with Gasteiger partial charge in [0.05, 0.1) is 0 Å². The maximum atomic E-state index is 12.5. The van der Waals surface area contributed by atoms with Gasteiger partial charge in [-0.15, -0.1) is 12.4 Å². The van der Waals surface area contributed by atoms with E-state index in [9.17, 15) is 13.2 Å². The van der Waals surface area contributed by atoms with Crippen LogP contribution in [0.3, 0.4) is 0 Å². The van der Waals surface area contributed by atoms with Crippen molar-refractivity contribution < 1.29 is 13.2 Å². The minimum absolute atomic E-state index is 0. The van der Waals surface area contributed by atoms with Gasteiger partial charge >= 0.3 is 0 Å². The smallest absolute Gasteiger partial charge is 0.117 e. The third-order valence-electron chi connectivity index (χ3n) is 1.16. The fourth-order valence-corrected chi connectivity index (χ4v) is 0.990. The SMILES string of the molecule is Cl.[B]c1ccc(S(=O)[O-])cc1F. The van der Waals surface area contributed by atoms with Gasteiger partial charge in [-0.2, -0.15) is 0 Å². The molecule has 0 aromatic heterocycles. The van der Waals surface area contributed by atoms with Crippen LogP contribution >= 0.6 is 12.4 Å². The molecule has 1 rings (SSSR count). The number of halogens is 2. The first-order valence-electron chi connectivity index (χ1n) is 2.75. The van der Waals surface area contributed by atoms with Gasteiger partial charge < -0.3 is 4.55 Å². The van der Waals surface area contributed by atoms with Crippen molar-refractivity contribution in [3.05, 3.63) is 24.0 Å². The lowest BCUT2D eigenvalue weighted by Gasteiger charge is -2.05. The quantitative estimate of drug-likeness (QED) is 0.488. The van der Waals surface area contributed by atoms with E-state index in [1.54, 1.807) is 0 Å². The van der Waals surface area contributed by atoms with Gasteiger partial charge in [-0.3, -0.25) is 4.21 Å². The molecule has 0 aliphatic rings. The van der Waals surface area contributed by atoms with Gasteiger partial charge in [0.25, 0.3) is 0 Å². The summed E-state index contributed by atoms with van der Waals surface area (Å²) in [5.74, 6) is -0.716. The largest absolute Gasteiger partial charge is 0.768 e. The molecule has 0 aliphatic carbocycles. The Hall–Kier alpha value is -0.385. The minimum Gasteiger partial charge on any atom is -0.768 e. The van der Waals surface area contributed by atoms with Crippen LogP contribution in [0.5, 0.6) is 0 Å². The molecule has 0 fully saturated rings. The van der Waals surface area contributed by atoms with Crippen LogP contribution in [0.15, 0.2) is 23.1 Å². The van der Waals surface area contributed by atoms with Crippen molar-refractivity contribution in [2.24, 2.45) is 0 Å². The molecule has 1 aromatic rings. The second-order valence-electron chi connectivity index (χ2n) is 1.92. The maximum Gasteiger partial charge on any atom is 0.117 e. The highest BCUT2D eigenvalue weighted by Crippen LogP contribution is 2.03. The first kappa shape index (κ1) is 11.6. The van der Waals surface area contributed by atoms with Crippen LogP contribution in [0.25, 0.3) is 0 Å². The summed E-state index contributed by atoms with van der Waals surface area (Å²) in [4.78, 5) is -0.100. The lowest BCUT2D eigenvalue weighted by atomic mass is 9.96. The van der Waals surface area contributed by atoms with Gasteiger partial charge in [-0.05, 0) is 23.2 Å². The highest BCUT2D eigenvalue weighted by Gasteiger charge is 1.97. The summed E-state index contributed by atoms with van der Waals surface area (Å²) in [6.45, 7) is 0. The summed E-state index contributed by atoms with van der Waals surface area (Å²) in [6.07, 6.45) is 0. The zero-order chi connectivity index (χ0) is 8.43. The first-order valence-corrected chi connectivity index (χ1v) is 3.83. The highest BCUT2D eigenvalue weighted by molar-refractivity contribution is 7.79. The molecule has 6 heteroatoms. The fraction of sp³-hybridized carbons (Fsp3) is 0. The van der Waals surface area contributed by atoms with E-state index in [2.05, 4.69) is 0 Å². The van der Waals surface area contributed by atoms with E-state index in [0.717, 1.165) is 6.07 Å². The van der Waals surface area contributed by atoms with Crippen LogP contribution in [0.4, 0.5) is 4.39 Å². The predicted octanol–water partition coefficient (Wildman–Crippen LogP) is 0.279. The summed E-state index contributed by atoms with van der Waals surface area (Å²) in [5.41, 5.74) is -0.0563. The summed E-state index contributed by atoms with van der Waals surface area (Å²) >= 11 is -2.39. The van der Waals surface area contributed by atoms with Gasteiger partial charge in [0.1, 0.15) is 13.7 Å². The van der Waals surface area contributed by atoms with Crippen molar-refractivity contribution in [1.29, 1.82) is 0 Å². The average molecular weight is 205 g/mol. The molecule has 0 N–H and O–H groups in total. The highest BCUT2D eigenvalue weighted by atomic mass is 35.5. The van der Waals surface area contributed by atoms with Crippen molar-refractivity contribution in [2.75, 3.05) is 0 Å². The molecular formula is C6H4BClFO2S-. The third-order valence-corrected chi connectivity index (χ3v) is 1.80. The van der Waals surface area contributed by atoms with Crippen molar-refractivity contribution in [3.8, 4) is 0 Å². The second-order valence-corrected chi connectivity index (χ2v) is 2.86. The molecule has 1 aromatic carbocycles. The van der Waals surface area contributed by atoms with Crippen LogP contribution in [-0.2, 0) is 11.1 Å². The van der Waals surface area contributed by atoms with Gasteiger partial charge in [0, 0.05) is 4.90 Å². The molecule has 0 bridgehead atoms. The number of rotatable bonds is 1. The number of hydrogen-bond donors (Lipinski definition) is 0.